The number of nitro benzene ring substituents is 1. The Morgan fingerprint density at radius 3 is 2.56 bits per heavy atom. The first-order valence-corrected chi connectivity index (χ1v) is 8.31. The number of methoxy groups -OCH3 is 2. The van der Waals surface area contributed by atoms with Gasteiger partial charge >= 0.3 is 0 Å². The molecule has 0 saturated carbocycles. The SMILES string of the molecule is COc1ccc([C@H]2CCCN2Cc2ccc([N+](=O)[O-])cc2)c(OC)c1. The second-order valence-corrected chi connectivity index (χ2v) is 6.16. The van der Waals surface area contributed by atoms with Gasteiger partial charge in [0, 0.05) is 36.3 Å². The number of hydrogen-bond acceptors (Lipinski definition) is 5. The molecule has 1 heterocycles. The van der Waals surface area contributed by atoms with E-state index < -0.39 is 0 Å². The molecule has 25 heavy (non-hydrogen) atoms. The molecule has 0 aliphatic carbocycles. The largest absolute Gasteiger partial charge is 0.497 e. The lowest BCUT2D eigenvalue weighted by Crippen LogP contribution is -2.23. The summed E-state index contributed by atoms with van der Waals surface area (Å²) in [5.41, 5.74) is 2.35. The van der Waals surface area contributed by atoms with Gasteiger partial charge in [0.2, 0.25) is 0 Å². The molecule has 0 aromatic heterocycles. The number of nitrogens with zero attached hydrogens (tertiary/aromatic N) is 2. The molecule has 2 aromatic rings. The van der Waals surface area contributed by atoms with E-state index in [4.69, 9.17) is 9.47 Å². The summed E-state index contributed by atoms with van der Waals surface area (Å²) >= 11 is 0. The highest BCUT2D eigenvalue weighted by atomic mass is 16.6. The summed E-state index contributed by atoms with van der Waals surface area (Å²) in [5.74, 6) is 1.61. The van der Waals surface area contributed by atoms with Gasteiger partial charge in [-0.25, -0.2) is 0 Å². The zero-order valence-corrected chi connectivity index (χ0v) is 14.5. The van der Waals surface area contributed by atoms with Gasteiger partial charge in [-0.2, -0.15) is 0 Å². The van der Waals surface area contributed by atoms with E-state index in [1.807, 2.05) is 24.3 Å². The van der Waals surface area contributed by atoms with Crippen LogP contribution in [-0.2, 0) is 6.54 Å². The fourth-order valence-corrected chi connectivity index (χ4v) is 3.42. The van der Waals surface area contributed by atoms with E-state index in [0.717, 1.165) is 48.6 Å². The number of hydrogen-bond donors (Lipinski definition) is 0. The Balaban J connectivity index is 1.79. The average Bonchev–Trinajstić information content (AvgIpc) is 3.09. The van der Waals surface area contributed by atoms with Crippen LogP contribution >= 0.6 is 0 Å². The van der Waals surface area contributed by atoms with Crippen molar-refractivity contribution in [1.82, 2.24) is 4.90 Å². The van der Waals surface area contributed by atoms with Gasteiger partial charge in [0.05, 0.1) is 19.1 Å². The van der Waals surface area contributed by atoms with E-state index >= 15 is 0 Å². The van der Waals surface area contributed by atoms with Crippen molar-refractivity contribution in [3.05, 3.63) is 63.7 Å². The molecule has 0 N–H and O–H groups in total. The molecule has 0 spiro atoms. The van der Waals surface area contributed by atoms with Crippen LogP contribution in [0, 0.1) is 10.1 Å². The molecule has 3 rings (SSSR count). The minimum Gasteiger partial charge on any atom is -0.497 e. The fourth-order valence-electron chi connectivity index (χ4n) is 3.42. The molecule has 132 valence electrons. The maximum atomic E-state index is 10.8. The second kappa shape index (κ2) is 7.53. The third kappa shape index (κ3) is 3.74. The van der Waals surface area contributed by atoms with Crippen LogP contribution in [0.2, 0.25) is 0 Å². The van der Waals surface area contributed by atoms with Gasteiger partial charge in [-0.15, -0.1) is 0 Å². The highest BCUT2D eigenvalue weighted by Crippen LogP contribution is 2.39. The van der Waals surface area contributed by atoms with Gasteiger partial charge in [0.1, 0.15) is 11.5 Å². The minimum absolute atomic E-state index is 0.124. The van der Waals surface area contributed by atoms with Crippen molar-refractivity contribution in [2.45, 2.75) is 25.4 Å². The van der Waals surface area contributed by atoms with E-state index in [2.05, 4.69) is 11.0 Å². The number of nitro groups is 1. The lowest BCUT2D eigenvalue weighted by molar-refractivity contribution is -0.384. The number of ether oxygens (including phenoxy) is 2. The van der Waals surface area contributed by atoms with Crippen molar-refractivity contribution in [2.75, 3.05) is 20.8 Å². The normalized spacial score (nSPS) is 17.4. The van der Waals surface area contributed by atoms with Crippen LogP contribution in [0.15, 0.2) is 42.5 Å². The van der Waals surface area contributed by atoms with Gasteiger partial charge in [-0.3, -0.25) is 15.0 Å². The average molecular weight is 342 g/mol. The topological polar surface area (TPSA) is 64.8 Å². The molecule has 0 unspecified atom stereocenters. The van der Waals surface area contributed by atoms with Crippen LogP contribution < -0.4 is 9.47 Å². The van der Waals surface area contributed by atoms with Crippen LogP contribution in [0.1, 0.15) is 30.0 Å². The maximum Gasteiger partial charge on any atom is 0.269 e. The third-order valence-electron chi connectivity index (χ3n) is 4.70. The van der Waals surface area contributed by atoms with Gasteiger partial charge < -0.3 is 9.47 Å². The first-order chi connectivity index (χ1) is 12.1. The summed E-state index contributed by atoms with van der Waals surface area (Å²) in [6.45, 7) is 1.76. The van der Waals surface area contributed by atoms with Gasteiger partial charge in [-0.1, -0.05) is 18.2 Å². The van der Waals surface area contributed by atoms with Crippen LogP contribution in [0.3, 0.4) is 0 Å². The first-order valence-electron chi connectivity index (χ1n) is 8.31. The Morgan fingerprint density at radius 2 is 1.92 bits per heavy atom. The fraction of sp³-hybridized carbons (Fsp3) is 0.368. The van der Waals surface area contributed by atoms with E-state index in [1.165, 1.54) is 0 Å². The molecule has 0 bridgehead atoms. The number of non-ortho nitro benzene ring substituents is 1. The Labute approximate surface area is 147 Å². The summed E-state index contributed by atoms with van der Waals surface area (Å²) in [5, 5.41) is 10.8. The van der Waals surface area contributed by atoms with Crippen molar-refractivity contribution in [3.8, 4) is 11.5 Å². The number of rotatable bonds is 6. The monoisotopic (exact) mass is 342 g/mol. The molecule has 6 heteroatoms. The lowest BCUT2D eigenvalue weighted by atomic mass is 10.0. The lowest BCUT2D eigenvalue weighted by Gasteiger charge is -2.26. The quantitative estimate of drug-likeness (QED) is 0.587. The van der Waals surface area contributed by atoms with Crippen molar-refractivity contribution in [3.63, 3.8) is 0 Å². The summed E-state index contributed by atoms with van der Waals surface area (Å²) in [6, 6.07) is 13.0. The van der Waals surface area contributed by atoms with E-state index in [1.54, 1.807) is 26.4 Å². The molecule has 2 aromatic carbocycles. The summed E-state index contributed by atoms with van der Waals surface area (Å²) < 4.78 is 10.8. The number of likely N-dealkylation sites (tertiary alicyclic amines) is 1. The molecule has 1 aliphatic heterocycles. The number of benzene rings is 2. The minimum atomic E-state index is -0.370. The summed E-state index contributed by atoms with van der Waals surface area (Å²) in [7, 11) is 3.32. The molecule has 1 fully saturated rings. The second-order valence-electron chi connectivity index (χ2n) is 6.16. The molecular weight excluding hydrogens is 320 g/mol. The molecule has 6 nitrogen and oxygen atoms in total. The van der Waals surface area contributed by atoms with E-state index in [0.29, 0.717) is 0 Å². The highest BCUT2D eigenvalue weighted by Gasteiger charge is 2.28. The van der Waals surface area contributed by atoms with E-state index in [9.17, 15) is 10.1 Å². The molecule has 0 radical (unpaired) electrons. The summed E-state index contributed by atoms with van der Waals surface area (Å²) in [6.07, 6.45) is 2.18. The maximum absolute atomic E-state index is 10.8. The van der Waals surface area contributed by atoms with Crippen molar-refractivity contribution in [2.24, 2.45) is 0 Å². The third-order valence-corrected chi connectivity index (χ3v) is 4.70. The molecule has 1 atom stereocenters. The van der Waals surface area contributed by atoms with Crippen molar-refractivity contribution in [1.29, 1.82) is 0 Å². The van der Waals surface area contributed by atoms with Crippen LogP contribution in [0.4, 0.5) is 5.69 Å². The smallest absolute Gasteiger partial charge is 0.269 e. The highest BCUT2D eigenvalue weighted by molar-refractivity contribution is 5.43. The van der Waals surface area contributed by atoms with Crippen molar-refractivity contribution >= 4 is 5.69 Å². The summed E-state index contributed by atoms with van der Waals surface area (Å²) in [4.78, 5) is 12.8. The van der Waals surface area contributed by atoms with Crippen LogP contribution in [-0.4, -0.2) is 30.6 Å². The Morgan fingerprint density at radius 1 is 1.16 bits per heavy atom. The molecule has 1 aliphatic rings. The Kier molecular flexibility index (Phi) is 5.19. The van der Waals surface area contributed by atoms with Gasteiger partial charge in [0.15, 0.2) is 0 Å². The van der Waals surface area contributed by atoms with Crippen LogP contribution in [0.5, 0.6) is 11.5 Å². The standard InChI is InChI=1S/C19H22N2O4/c1-24-16-9-10-17(19(12-16)25-2)18-4-3-11-20(18)13-14-5-7-15(8-6-14)21(22)23/h5-10,12,18H,3-4,11,13H2,1-2H3/t18-/m1/s1. The zero-order valence-electron chi connectivity index (χ0n) is 14.5. The van der Waals surface area contributed by atoms with E-state index in [-0.39, 0.29) is 16.7 Å². The van der Waals surface area contributed by atoms with Gasteiger partial charge in [-0.05, 0) is 31.0 Å². The Hall–Kier alpha value is -2.60. The van der Waals surface area contributed by atoms with Gasteiger partial charge in [0.25, 0.3) is 5.69 Å². The van der Waals surface area contributed by atoms with Crippen molar-refractivity contribution < 1.29 is 14.4 Å². The first kappa shape index (κ1) is 17.2. The molecular formula is C19H22N2O4. The molecule has 0 amide bonds. The van der Waals surface area contributed by atoms with Crippen LogP contribution in [0.25, 0.3) is 0 Å². The molecule has 1 saturated heterocycles. The Bertz CT molecular complexity index is 746. The predicted molar refractivity (Wildman–Crippen MR) is 95.0 cm³/mol. The zero-order chi connectivity index (χ0) is 17.8. The predicted octanol–water partition coefficient (Wildman–Crippen LogP) is 3.95.